The molecule has 0 aliphatic rings. The minimum Gasteiger partial charge on any atom is -0.495 e. The molecule has 1 amide bonds. The molecular formula is C21H27ClN2O4S. The Morgan fingerprint density at radius 2 is 1.83 bits per heavy atom. The highest BCUT2D eigenvalue weighted by Gasteiger charge is 2.34. The third-order valence-corrected chi connectivity index (χ3v) is 6.05. The van der Waals surface area contributed by atoms with E-state index in [1.54, 1.807) is 19.1 Å². The van der Waals surface area contributed by atoms with Gasteiger partial charge in [0.2, 0.25) is 15.9 Å². The average molecular weight is 439 g/mol. The van der Waals surface area contributed by atoms with E-state index in [2.05, 4.69) is 5.32 Å². The summed E-state index contributed by atoms with van der Waals surface area (Å²) in [4.78, 5) is 13.1. The number of carbonyl (C=O) groups is 1. The first-order valence-corrected chi connectivity index (χ1v) is 11.5. The number of carbonyl (C=O) groups excluding carboxylic acids is 1. The van der Waals surface area contributed by atoms with Crippen molar-refractivity contribution in [3.8, 4) is 5.75 Å². The first kappa shape index (κ1) is 23.0. The van der Waals surface area contributed by atoms with E-state index in [4.69, 9.17) is 16.3 Å². The molecule has 1 N–H and O–H groups in total. The number of rotatable bonds is 8. The Kier molecular flexibility index (Phi) is 7.54. The molecule has 158 valence electrons. The lowest BCUT2D eigenvalue weighted by Crippen LogP contribution is -2.49. The van der Waals surface area contributed by atoms with E-state index in [0.29, 0.717) is 10.8 Å². The third-order valence-electron chi connectivity index (χ3n) is 4.64. The van der Waals surface area contributed by atoms with Crippen molar-refractivity contribution in [2.45, 2.75) is 39.3 Å². The zero-order valence-electron chi connectivity index (χ0n) is 17.3. The van der Waals surface area contributed by atoms with E-state index in [-0.39, 0.29) is 18.2 Å². The Labute approximate surface area is 177 Å². The number of nitrogens with zero attached hydrogens (tertiary/aromatic N) is 1. The summed E-state index contributed by atoms with van der Waals surface area (Å²) in [5, 5.41) is 3.27. The molecule has 0 saturated carbocycles. The van der Waals surface area contributed by atoms with Gasteiger partial charge in [-0.25, -0.2) is 8.42 Å². The van der Waals surface area contributed by atoms with Crippen LogP contribution in [0.25, 0.3) is 0 Å². The number of hydrogen-bond acceptors (Lipinski definition) is 4. The Morgan fingerprint density at radius 3 is 2.34 bits per heavy atom. The number of methoxy groups -OCH3 is 1. The molecule has 2 aromatic carbocycles. The molecule has 0 heterocycles. The van der Waals surface area contributed by atoms with Crippen molar-refractivity contribution in [2.24, 2.45) is 0 Å². The molecule has 2 atom stereocenters. The molecule has 0 unspecified atom stereocenters. The number of anilines is 1. The van der Waals surface area contributed by atoms with Gasteiger partial charge < -0.3 is 10.1 Å². The van der Waals surface area contributed by atoms with E-state index in [1.807, 2.05) is 38.1 Å². The topological polar surface area (TPSA) is 75.7 Å². The van der Waals surface area contributed by atoms with Crippen LogP contribution >= 0.6 is 11.6 Å². The molecule has 0 aliphatic heterocycles. The fourth-order valence-corrected chi connectivity index (χ4v) is 4.49. The monoisotopic (exact) mass is 438 g/mol. The van der Waals surface area contributed by atoms with Crippen LogP contribution in [0.5, 0.6) is 5.75 Å². The first-order chi connectivity index (χ1) is 13.6. The molecule has 29 heavy (non-hydrogen) atoms. The van der Waals surface area contributed by atoms with Gasteiger partial charge in [-0.3, -0.25) is 9.10 Å². The molecule has 6 nitrogen and oxygen atoms in total. The normalized spacial score (nSPS) is 13.4. The van der Waals surface area contributed by atoms with Crippen LogP contribution in [0.3, 0.4) is 0 Å². The molecule has 2 rings (SSSR count). The number of sulfonamides is 1. The molecule has 0 spiro atoms. The van der Waals surface area contributed by atoms with Gasteiger partial charge in [-0.05, 0) is 44.0 Å². The summed E-state index contributed by atoms with van der Waals surface area (Å²) in [5.41, 5.74) is 2.28. The van der Waals surface area contributed by atoms with Gasteiger partial charge in [-0.1, -0.05) is 48.4 Å². The third kappa shape index (κ3) is 5.64. The molecule has 2 aromatic rings. The van der Waals surface area contributed by atoms with Crippen molar-refractivity contribution in [2.75, 3.05) is 17.7 Å². The number of halogens is 1. The van der Waals surface area contributed by atoms with Crippen LogP contribution in [0.15, 0.2) is 42.5 Å². The first-order valence-electron chi connectivity index (χ1n) is 9.28. The molecule has 0 aliphatic carbocycles. The molecule has 0 radical (unpaired) electrons. The maximum atomic E-state index is 13.1. The maximum Gasteiger partial charge on any atom is 0.244 e. The van der Waals surface area contributed by atoms with E-state index < -0.39 is 22.0 Å². The van der Waals surface area contributed by atoms with Crippen molar-refractivity contribution in [1.82, 2.24) is 5.32 Å². The summed E-state index contributed by atoms with van der Waals surface area (Å²) >= 11 is 6.09. The van der Waals surface area contributed by atoms with Gasteiger partial charge in [0.1, 0.15) is 11.8 Å². The number of hydrogen-bond donors (Lipinski definition) is 1. The van der Waals surface area contributed by atoms with E-state index in [0.717, 1.165) is 21.7 Å². The highest BCUT2D eigenvalue weighted by atomic mass is 35.5. The summed E-state index contributed by atoms with van der Waals surface area (Å²) in [5.74, 6) is -0.0781. The second-order valence-electron chi connectivity index (χ2n) is 6.94. The molecule has 8 heteroatoms. The lowest BCUT2D eigenvalue weighted by atomic mass is 10.1. The minimum absolute atomic E-state index is 0.229. The van der Waals surface area contributed by atoms with E-state index >= 15 is 0 Å². The predicted molar refractivity (Wildman–Crippen MR) is 117 cm³/mol. The summed E-state index contributed by atoms with van der Waals surface area (Å²) < 4.78 is 31.7. The Hall–Kier alpha value is -2.25. The second kappa shape index (κ2) is 9.50. The number of ether oxygens (including phenoxy) is 1. The quantitative estimate of drug-likeness (QED) is 0.673. The van der Waals surface area contributed by atoms with Crippen LogP contribution in [-0.2, 0) is 14.8 Å². The minimum atomic E-state index is -3.80. The Balaban J connectivity index is 2.40. The van der Waals surface area contributed by atoms with Crippen molar-refractivity contribution in [1.29, 1.82) is 0 Å². The van der Waals surface area contributed by atoms with Crippen LogP contribution in [0, 0.1) is 6.92 Å². The van der Waals surface area contributed by atoms with Crippen LogP contribution in [0.2, 0.25) is 5.02 Å². The van der Waals surface area contributed by atoms with Crippen molar-refractivity contribution >= 4 is 33.2 Å². The Bertz CT molecular complexity index is 961. The molecule has 0 saturated heterocycles. The van der Waals surface area contributed by atoms with Crippen molar-refractivity contribution in [3.63, 3.8) is 0 Å². The van der Waals surface area contributed by atoms with Crippen LogP contribution in [0.4, 0.5) is 5.69 Å². The predicted octanol–water partition coefficient (Wildman–Crippen LogP) is 4.08. The van der Waals surface area contributed by atoms with Gasteiger partial charge in [-0.2, -0.15) is 0 Å². The van der Waals surface area contributed by atoms with Crippen LogP contribution in [-0.4, -0.2) is 33.7 Å². The number of aryl methyl sites for hydroxylation is 1. The summed E-state index contributed by atoms with van der Waals surface area (Å²) in [6, 6.07) is 11.3. The molecular weight excluding hydrogens is 412 g/mol. The van der Waals surface area contributed by atoms with E-state index in [9.17, 15) is 13.2 Å². The zero-order valence-corrected chi connectivity index (χ0v) is 18.8. The lowest BCUT2D eigenvalue weighted by Gasteiger charge is -2.32. The second-order valence-corrected chi connectivity index (χ2v) is 9.24. The lowest BCUT2D eigenvalue weighted by molar-refractivity contribution is -0.122. The molecule has 0 aromatic heterocycles. The van der Waals surface area contributed by atoms with E-state index in [1.165, 1.54) is 13.2 Å². The van der Waals surface area contributed by atoms with Crippen LogP contribution in [0.1, 0.15) is 37.4 Å². The Morgan fingerprint density at radius 1 is 1.21 bits per heavy atom. The summed E-state index contributed by atoms with van der Waals surface area (Å²) in [7, 11) is -2.36. The van der Waals surface area contributed by atoms with Gasteiger partial charge in [0.25, 0.3) is 0 Å². The fraction of sp³-hybridized carbons (Fsp3) is 0.381. The van der Waals surface area contributed by atoms with Gasteiger partial charge in [0, 0.05) is 5.02 Å². The van der Waals surface area contributed by atoms with Gasteiger partial charge in [0.05, 0.1) is 25.1 Å². The molecule has 0 bridgehead atoms. The van der Waals surface area contributed by atoms with Gasteiger partial charge in [0.15, 0.2) is 0 Å². The maximum absolute atomic E-state index is 13.1. The highest BCUT2D eigenvalue weighted by Crippen LogP contribution is 2.35. The standard InChI is InChI=1S/C21H27ClN2O4S/c1-6-18(21(25)23-15(3)16-9-7-14(2)8-10-16)24(29(5,26)27)19-13-17(22)11-12-20(19)28-4/h7-13,15,18H,6H2,1-5H3,(H,23,25)/t15-,18+/m0/s1. The smallest absolute Gasteiger partial charge is 0.244 e. The molecule has 0 fully saturated rings. The van der Waals surface area contributed by atoms with Crippen molar-refractivity contribution in [3.05, 3.63) is 58.6 Å². The van der Waals surface area contributed by atoms with Gasteiger partial charge >= 0.3 is 0 Å². The zero-order chi connectivity index (χ0) is 21.8. The number of benzene rings is 2. The summed E-state index contributed by atoms with van der Waals surface area (Å²) in [6.07, 6.45) is 1.34. The number of amides is 1. The fourth-order valence-electron chi connectivity index (χ4n) is 3.12. The average Bonchev–Trinajstić information content (AvgIpc) is 2.65. The van der Waals surface area contributed by atoms with Gasteiger partial charge in [-0.15, -0.1) is 0 Å². The highest BCUT2D eigenvalue weighted by molar-refractivity contribution is 7.92. The summed E-state index contributed by atoms with van der Waals surface area (Å²) in [6.45, 7) is 5.61. The largest absolute Gasteiger partial charge is 0.495 e. The van der Waals surface area contributed by atoms with Crippen LogP contribution < -0.4 is 14.4 Å². The van der Waals surface area contributed by atoms with Crippen molar-refractivity contribution < 1.29 is 17.9 Å². The number of nitrogens with one attached hydrogen (secondary N) is 1. The SMILES string of the molecule is CC[C@H](C(=O)N[C@@H](C)c1ccc(C)cc1)N(c1cc(Cl)ccc1OC)S(C)(=O)=O.